The fraction of sp³-hybridized carbons (Fsp3) is 0.0769. The summed E-state index contributed by atoms with van der Waals surface area (Å²) in [5.41, 5.74) is 3.23. The van der Waals surface area contributed by atoms with Crippen LogP contribution in [0.3, 0.4) is 0 Å². The van der Waals surface area contributed by atoms with Crippen molar-refractivity contribution in [2.75, 3.05) is 0 Å². The second-order valence-corrected chi connectivity index (χ2v) is 4.30. The smallest absolute Gasteiger partial charge is 0.228 e. The highest BCUT2D eigenvalue weighted by atomic mass is 35.5. The van der Waals surface area contributed by atoms with E-state index in [0.29, 0.717) is 22.1 Å². The monoisotopic (exact) mass is 244 g/mol. The number of oxazole rings is 1. The number of hydrogen-bond acceptors (Lipinski definition) is 3. The Balaban J connectivity index is 2.20. The zero-order chi connectivity index (χ0) is 11.8. The number of pyridine rings is 1. The van der Waals surface area contributed by atoms with Gasteiger partial charge in [0, 0.05) is 16.8 Å². The van der Waals surface area contributed by atoms with Gasteiger partial charge in [0.05, 0.1) is 0 Å². The Labute approximate surface area is 103 Å². The summed E-state index contributed by atoms with van der Waals surface area (Å²) >= 11 is 6.01. The quantitative estimate of drug-likeness (QED) is 0.653. The largest absolute Gasteiger partial charge is 0.434 e. The maximum Gasteiger partial charge on any atom is 0.228 e. The lowest BCUT2D eigenvalue weighted by Gasteiger charge is -1.98. The number of halogens is 1. The van der Waals surface area contributed by atoms with Gasteiger partial charge in [0.15, 0.2) is 11.2 Å². The molecular weight excluding hydrogens is 236 g/mol. The second kappa shape index (κ2) is 3.86. The number of hydrogen-bond donors (Lipinski definition) is 0. The molecular formula is C13H9ClN2O. The number of aryl methyl sites for hydroxylation is 1. The van der Waals surface area contributed by atoms with Crippen molar-refractivity contribution in [3.05, 3.63) is 47.1 Å². The van der Waals surface area contributed by atoms with Crippen LogP contribution in [-0.4, -0.2) is 9.97 Å². The van der Waals surface area contributed by atoms with Crippen LogP contribution in [0.5, 0.6) is 0 Å². The minimum atomic E-state index is 0.546. The molecule has 0 bridgehead atoms. The third-order valence-corrected chi connectivity index (χ3v) is 2.67. The van der Waals surface area contributed by atoms with E-state index in [4.69, 9.17) is 16.0 Å². The number of fused-ring (bicyclic) bond motifs is 1. The van der Waals surface area contributed by atoms with E-state index in [1.807, 2.05) is 37.3 Å². The molecule has 0 aliphatic carbocycles. The standard InChI is InChI=1S/C13H9ClN2O/c1-8-5-9(7-10(14)6-8)13-16-12-11(17-13)3-2-4-15-12/h2-7H,1H3. The molecule has 0 N–H and O–H groups in total. The van der Waals surface area contributed by atoms with E-state index in [1.54, 1.807) is 6.20 Å². The Kier molecular flexibility index (Phi) is 2.34. The Morgan fingerprint density at radius 3 is 2.88 bits per heavy atom. The molecule has 3 nitrogen and oxygen atoms in total. The molecule has 84 valence electrons. The van der Waals surface area contributed by atoms with Crippen molar-refractivity contribution in [3.8, 4) is 11.5 Å². The lowest BCUT2D eigenvalue weighted by atomic mass is 10.1. The van der Waals surface area contributed by atoms with Gasteiger partial charge in [-0.3, -0.25) is 0 Å². The van der Waals surface area contributed by atoms with Crippen molar-refractivity contribution in [3.63, 3.8) is 0 Å². The molecule has 3 rings (SSSR count). The maximum atomic E-state index is 6.01. The van der Waals surface area contributed by atoms with Crippen LogP contribution in [0, 0.1) is 6.92 Å². The predicted octanol–water partition coefficient (Wildman–Crippen LogP) is 3.85. The summed E-state index contributed by atoms with van der Waals surface area (Å²) in [6.07, 6.45) is 1.69. The molecule has 0 atom stereocenters. The van der Waals surface area contributed by atoms with Gasteiger partial charge < -0.3 is 4.42 Å². The molecule has 0 radical (unpaired) electrons. The van der Waals surface area contributed by atoms with Crippen molar-refractivity contribution in [1.29, 1.82) is 0 Å². The van der Waals surface area contributed by atoms with Crippen LogP contribution in [-0.2, 0) is 0 Å². The summed E-state index contributed by atoms with van der Waals surface area (Å²) in [6.45, 7) is 1.98. The molecule has 1 aromatic carbocycles. The molecule has 0 saturated carbocycles. The molecule has 2 heterocycles. The van der Waals surface area contributed by atoms with Crippen molar-refractivity contribution in [1.82, 2.24) is 9.97 Å². The van der Waals surface area contributed by atoms with E-state index < -0.39 is 0 Å². The number of nitrogens with zero attached hydrogens (tertiary/aromatic N) is 2. The molecule has 17 heavy (non-hydrogen) atoms. The van der Waals surface area contributed by atoms with Crippen LogP contribution >= 0.6 is 11.6 Å². The van der Waals surface area contributed by atoms with Gasteiger partial charge in [-0.05, 0) is 42.8 Å². The Hall–Kier alpha value is -1.87. The van der Waals surface area contributed by atoms with Crippen LogP contribution in [0.25, 0.3) is 22.7 Å². The summed E-state index contributed by atoms with van der Waals surface area (Å²) in [6, 6.07) is 9.37. The molecule has 0 saturated heterocycles. The molecule has 2 aromatic heterocycles. The van der Waals surface area contributed by atoms with Gasteiger partial charge in [-0.25, -0.2) is 4.98 Å². The Morgan fingerprint density at radius 1 is 1.24 bits per heavy atom. The highest BCUT2D eigenvalue weighted by Gasteiger charge is 2.09. The van der Waals surface area contributed by atoms with Crippen LogP contribution < -0.4 is 0 Å². The highest BCUT2D eigenvalue weighted by molar-refractivity contribution is 6.30. The second-order valence-electron chi connectivity index (χ2n) is 3.86. The van der Waals surface area contributed by atoms with Gasteiger partial charge in [0.25, 0.3) is 0 Å². The highest BCUT2D eigenvalue weighted by Crippen LogP contribution is 2.26. The zero-order valence-corrected chi connectivity index (χ0v) is 9.90. The van der Waals surface area contributed by atoms with Crippen LogP contribution in [0.1, 0.15) is 5.56 Å². The van der Waals surface area contributed by atoms with E-state index in [1.165, 1.54) is 0 Å². The maximum absolute atomic E-state index is 6.01. The average Bonchev–Trinajstić information content (AvgIpc) is 2.71. The first kappa shape index (κ1) is 10.3. The van der Waals surface area contributed by atoms with Crippen LogP contribution in [0.4, 0.5) is 0 Å². The summed E-state index contributed by atoms with van der Waals surface area (Å²) in [7, 11) is 0. The van der Waals surface area contributed by atoms with Crippen molar-refractivity contribution in [2.45, 2.75) is 6.92 Å². The topological polar surface area (TPSA) is 38.9 Å². The van der Waals surface area contributed by atoms with Gasteiger partial charge in [-0.15, -0.1) is 0 Å². The van der Waals surface area contributed by atoms with Crippen LogP contribution in [0.15, 0.2) is 40.9 Å². The molecule has 0 unspecified atom stereocenters. The van der Waals surface area contributed by atoms with Crippen LogP contribution in [0.2, 0.25) is 5.02 Å². The van der Waals surface area contributed by atoms with Crippen molar-refractivity contribution >= 4 is 22.8 Å². The number of benzene rings is 1. The van der Waals surface area contributed by atoms with Gasteiger partial charge in [-0.2, -0.15) is 4.98 Å². The minimum absolute atomic E-state index is 0.546. The van der Waals surface area contributed by atoms with E-state index in [0.717, 1.165) is 11.1 Å². The number of aromatic nitrogens is 2. The SMILES string of the molecule is Cc1cc(Cl)cc(-c2nc3ncccc3o2)c1. The molecule has 0 aliphatic rings. The van der Waals surface area contributed by atoms with Gasteiger partial charge >= 0.3 is 0 Å². The normalized spacial score (nSPS) is 10.9. The first-order chi connectivity index (χ1) is 8.22. The first-order valence-corrected chi connectivity index (χ1v) is 5.59. The molecule has 0 aliphatic heterocycles. The van der Waals surface area contributed by atoms with E-state index in [-0.39, 0.29) is 0 Å². The van der Waals surface area contributed by atoms with Gasteiger partial charge in [0.2, 0.25) is 5.89 Å². The lowest BCUT2D eigenvalue weighted by molar-refractivity contribution is 0.619. The fourth-order valence-corrected chi connectivity index (χ4v) is 2.04. The minimum Gasteiger partial charge on any atom is -0.434 e. The zero-order valence-electron chi connectivity index (χ0n) is 9.14. The van der Waals surface area contributed by atoms with E-state index in [9.17, 15) is 0 Å². The molecule has 4 heteroatoms. The molecule has 0 amide bonds. The van der Waals surface area contributed by atoms with Gasteiger partial charge in [0.1, 0.15) is 0 Å². The lowest BCUT2D eigenvalue weighted by Crippen LogP contribution is -1.80. The summed E-state index contributed by atoms with van der Waals surface area (Å²) in [5.74, 6) is 0.546. The van der Waals surface area contributed by atoms with Crippen molar-refractivity contribution in [2.24, 2.45) is 0 Å². The molecule has 3 aromatic rings. The Bertz CT molecular complexity index is 637. The summed E-state index contributed by atoms with van der Waals surface area (Å²) in [4.78, 5) is 8.46. The predicted molar refractivity (Wildman–Crippen MR) is 67.0 cm³/mol. The Morgan fingerprint density at radius 2 is 2.12 bits per heavy atom. The molecule has 0 spiro atoms. The average molecular weight is 245 g/mol. The third-order valence-electron chi connectivity index (χ3n) is 2.45. The molecule has 0 fully saturated rings. The van der Waals surface area contributed by atoms with Gasteiger partial charge in [-0.1, -0.05) is 11.6 Å². The van der Waals surface area contributed by atoms with E-state index >= 15 is 0 Å². The van der Waals surface area contributed by atoms with Crippen molar-refractivity contribution < 1.29 is 4.42 Å². The summed E-state index contributed by atoms with van der Waals surface area (Å²) < 4.78 is 5.63. The first-order valence-electron chi connectivity index (χ1n) is 5.21. The number of rotatable bonds is 1. The third kappa shape index (κ3) is 1.89. The van der Waals surface area contributed by atoms with E-state index in [2.05, 4.69) is 9.97 Å². The fourth-order valence-electron chi connectivity index (χ4n) is 1.75. The summed E-state index contributed by atoms with van der Waals surface area (Å²) in [5, 5.41) is 0.676.